The van der Waals surface area contributed by atoms with Crippen LogP contribution in [0, 0.1) is 48.4 Å². The predicted molar refractivity (Wildman–Crippen MR) is 212 cm³/mol. The molecule has 0 spiro atoms. The monoisotopic (exact) mass is 671 g/mol. The number of aliphatic hydroxyl groups is 3. The van der Waals surface area contributed by atoms with Crippen molar-refractivity contribution in [3.63, 3.8) is 0 Å². The van der Waals surface area contributed by atoms with Crippen LogP contribution in [0.2, 0.25) is 0 Å². The highest BCUT2D eigenvalue weighted by atomic mass is 16.3. The van der Waals surface area contributed by atoms with Gasteiger partial charge in [0.2, 0.25) is 0 Å². The summed E-state index contributed by atoms with van der Waals surface area (Å²) in [6.45, 7) is 0. The standard InChI is InChI=1S/C46H70O3/c1-3-5-6-7-8-9-10-11-12-13-14-15-16-19-25-30-35-40-45(48)41-36-31-26-20-17-18-21-27-32-37-42-46(49)43-38-33-28-23-22-24-29-34-39-44(47)4-2/h1-2,5-6,17,20,34-35,39-40,44-49H,7-16,18-19,21-33,36,41H2/b6-5?,20-17?,39-34+,40-35+/t44-,45?,46-/m0/s1. The summed E-state index contributed by atoms with van der Waals surface area (Å²) in [6.07, 6.45) is 55.6. The molecule has 3 N–H and O–H groups in total. The van der Waals surface area contributed by atoms with Crippen molar-refractivity contribution in [1.82, 2.24) is 0 Å². The fourth-order valence-electron chi connectivity index (χ4n) is 5.43. The van der Waals surface area contributed by atoms with Crippen molar-refractivity contribution >= 4 is 0 Å². The number of aliphatic hydroxyl groups excluding tert-OH is 3. The number of hydrogen-bond acceptors (Lipinski definition) is 3. The number of terminal acetylenes is 2. The van der Waals surface area contributed by atoms with Crippen LogP contribution in [0.15, 0.2) is 48.6 Å². The van der Waals surface area contributed by atoms with E-state index < -0.39 is 12.2 Å². The van der Waals surface area contributed by atoms with Crippen LogP contribution in [0.5, 0.6) is 0 Å². The van der Waals surface area contributed by atoms with Crippen LogP contribution in [-0.2, 0) is 0 Å². The molecule has 0 radical (unpaired) electrons. The number of unbranched alkanes of at least 4 members (excludes halogenated alkanes) is 22. The maximum Gasteiger partial charge on any atom is 0.176 e. The fraction of sp³-hybridized carbons (Fsp3) is 0.652. The minimum Gasteiger partial charge on any atom is -0.389 e. The van der Waals surface area contributed by atoms with Crippen LogP contribution in [0.4, 0.5) is 0 Å². The van der Waals surface area contributed by atoms with E-state index in [1.54, 1.807) is 6.08 Å². The minimum absolute atomic E-state index is 0.306. The average Bonchev–Trinajstić information content (AvgIpc) is 3.10. The van der Waals surface area contributed by atoms with Gasteiger partial charge in [0.05, 0.1) is 6.10 Å². The SMILES string of the molecule is C#CC=CCCCCCCCCCCCCC/C=C/C(O)CCCCC=CCCCCC#C[C@H](O)C#CCCCCCC/C=C/[C@@H](O)C#C. The van der Waals surface area contributed by atoms with E-state index in [4.69, 9.17) is 12.8 Å². The molecule has 0 aromatic carbocycles. The molecule has 0 heterocycles. The van der Waals surface area contributed by atoms with Gasteiger partial charge in [-0.25, -0.2) is 0 Å². The molecule has 0 aliphatic heterocycles. The summed E-state index contributed by atoms with van der Waals surface area (Å²) in [4.78, 5) is 0. The molecule has 3 nitrogen and oxygen atoms in total. The third kappa shape index (κ3) is 39.4. The van der Waals surface area contributed by atoms with Gasteiger partial charge in [-0.05, 0) is 95.6 Å². The first kappa shape index (κ1) is 46.1. The molecule has 3 heteroatoms. The van der Waals surface area contributed by atoms with Crippen molar-refractivity contribution in [2.75, 3.05) is 0 Å². The number of hydrogen-bond donors (Lipinski definition) is 3. The van der Waals surface area contributed by atoms with Gasteiger partial charge in [-0.2, -0.15) is 0 Å². The summed E-state index contributed by atoms with van der Waals surface area (Å²) < 4.78 is 0. The van der Waals surface area contributed by atoms with Gasteiger partial charge in [-0.3, -0.25) is 0 Å². The molecule has 0 amide bonds. The molecule has 0 aliphatic rings. The summed E-state index contributed by atoms with van der Waals surface area (Å²) in [5.74, 6) is 16.6. The maximum atomic E-state index is 10.2. The van der Waals surface area contributed by atoms with Gasteiger partial charge >= 0.3 is 0 Å². The topological polar surface area (TPSA) is 60.7 Å². The highest BCUT2D eigenvalue weighted by Gasteiger charge is 1.99. The molecular weight excluding hydrogens is 601 g/mol. The first-order chi connectivity index (χ1) is 24.1. The Balaban J connectivity index is 3.51. The number of rotatable bonds is 31. The first-order valence-corrected chi connectivity index (χ1v) is 19.7. The molecule has 0 saturated carbocycles. The summed E-state index contributed by atoms with van der Waals surface area (Å²) in [6, 6.07) is 0. The highest BCUT2D eigenvalue weighted by Crippen LogP contribution is 2.13. The molecule has 0 saturated heterocycles. The van der Waals surface area contributed by atoms with Crippen molar-refractivity contribution in [1.29, 1.82) is 0 Å². The normalized spacial score (nSPS) is 13.2. The van der Waals surface area contributed by atoms with E-state index in [9.17, 15) is 15.3 Å². The van der Waals surface area contributed by atoms with E-state index in [2.05, 4.69) is 59.8 Å². The Morgan fingerprint density at radius 1 is 0.449 bits per heavy atom. The van der Waals surface area contributed by atoms with Gasteiger partial charge in [0.1, 0.15) is 6.10 Å². The van der Waals surface area contributed by atoms with Crippen molar-refractivity contribution in [3.05, 3.63) is 48.6 Å². The molecule has 0 fully saturated rings. The lowest BCUT2D eigenvalue weighted by atomic mass is 10.0. The van der Waals surface area contributed by atoms with Crippen LogP contribution in [-0.4, -0.2) is 33.6 Å². The first-order valence-electron chi connectivity index (χ1n) is 19.7. The zero-order valence-electron chi connectivity index (χ0n) is 30.9. The molecule has 0 aromatic heterocycles. The van der Waals surface area contributed by atoms with Crippen molar-refractivity contribution in [2.24, 2.45) is 0 Å². The van der Waals surface area contributed by atoms with E-state index in [0.29, 0.717) is 0 Å². The summed E-state index contributed by atoms with van der Waals surface area (Å²) in [5, 5.41) is 29.4. The molecular formula is C46H70O3. The quantitative estimate of drug-likeness (QED) is 0.0391. The summed E-state index contributed by atoms with van der Waals surface area (Å²) in [5.41, 5.74) is 0. The molecule has 1 unspecified atom stereocenters. The molecule has 49 heavy (non-hydrogen) atoms. The maximum absolute atomic E-state index is 10.2. The van der Waals surface area contributed by atoms with Crippen LogP contribution in [0.3, 0.4) is 0 Å². The summed E-state index contributed by atoms with van der Waals surface area (Å²) >= 11 is 0. The molecule has 3 atom stereocenters. The van der Waals surface area contributed by atoms with E-state index in [-0.39, 0.29) is 6.10 Å². The van der Waals surface area contributed by atoms with Crippen LogP contribution < -0.4 is 0 Å². The van der Waals surface area contributed by atoms with Gasteiger partial charge in [0, 0.05) is 12.8 Å². The Morgan fingerprint density at radius 2 is 0.857 bits per heavy atom. The Labute approximate surface area is 303 Å². The molecule has 0 aromatic rings. The smallest absolute Gasteiger partial charge is 0.176 e. The molecule has 0 bridgehead atoms. The predicted octanol–water partition coefficient (Wildman–Crippen LogP) is 11.1. The van der Waals surface area contributed by atoms with Crippen LogP contribution in [0.25, 0.3) is 0 Å². The van der Waals surface area contributed by atoms with E-state index in [1.807, 2.05) is 18.2 Å². The third-order valence-electron chi connectivity index (χ3n) is 8.41. The zero-order valence-corrected chi connectivity index (χ0v) is 30.9. The second-order valence-electron chi connectivity index (χ2n) is 13.1. The minimum atomic E-state index is -0.851. The van der Waals surface area contributed by atoms with E-state index in [1.165, 1.54) is 70.6 Å². The van der Waals surface area contributed by atoms with Gasteiger partial charge in [0.25, 0.3) is 0 Å². The molecule has 272 valence electrons. The van der Waals surface area contributed by atoms with Crippen molar-refractivity contribution < 1.29 is 15.3 Å². The highest BCUT2D eigenvalue weighted by molar-refractivity contribution is 5.19. The Hall–Kier alpha value is -2.92. The van der Waals surface area contributed by atoms with Gasteiger partial charge < -0.3 is 15.3 Å². The van der Waals surface area contributed by atoms with Crippen LogP contribution >= 0.6 is 0 Å². The number of allylic oxidation sites excluding steroid dienone is 6. The second kappa shape index (κ2) is 39.5. The van der Waals surface area contributed by atoms with Crippen molar-refractivity contribution in [3.8, 4) is 48.4 Å². The van der Waals surface area contributed by atoms with Gasteiger partial charge in [-0.1, -0.05) is 149 Å². The summed E-state index contributed by atoms with van der Waals surface area (Å²) in [7, 11) is 0. The Bertz CT molecular complexity index is 1060. The zero-order chi connectivity index (χ0) is 35.7. The molecule has 0 rings (SSSR count). The lowest BCUT2D eigenvalue weighted by Gasteiger charge is -2.04. The lowest BCUT2D eigenvalue weighted by Crippen LogP contribution is -2.01. The van der Waals surface area contributed by atoms with Gasteiger partial charge in [-0.15, -0.1) is 12.8 Å². The second-order valence-corrected chi connectivity index (χ2v) is 13.1. The third-order valence-corrected chi connectivity index (χ3v) is 8.41. The van der Waals surface area contributed by atoms with E-state index in [0.717, 1.165) is 103 Å². The Morgan fingerprint density at radius 3 is 1.39 bits per heavy atom. The van der Waals surface area contributed by atoms with Crippen molar-refractivity contribution in [2.45, 2.75) is 192 Å². The molecule has 0 aliphatic carbocycles. The van der Waals surface area contributed by atoms with Gasteiger partial charge in [0.15, 0.2) is 6.10 Å². The van der Waals surface area contributed by atoms with Crippen LogP contribution in [0.1, 0.15) is 173 Å². The largest absolute Gasteiger partial charge is 0.389 e. The van der Waals surface area contributed by atoms with E-state index >= 15 is 0 Å². The fourth-order valence-corrected chi connectivity index (χ4v) is 5.43. The lowest BCUT2D eigenvalue weighted by molar-refractivity contribution is 0.208. The Kier molecular flexibility index (Phi) is 37.2. The average molecular weight is 671 g/mol.